The average molecular weight is 181 g/mol. The van der Waals surface area contributed by atoms with Gasteiger partial charge < -0.3 is 5.32 Å². The molecule has 13 heavy (non-hydrogen) atoms. The normalized spacial score (nSPS) is 10.0. The van der Waals surface area contributed by atoms with Crippen molar-refractivity contribution < 1.29 is 9.18 Å². The van der Waals surface area contributed by atoms with E-state index in [1.807, 2.05) is 0 Å². The molecule has 2 nitrogen and oxygen atoms in total. The molecule has 1 aromatic carbocycles. The van der Waals surface area contributed by atoms with Gasteiger partial charge in [-0.15, -0.1) is 0 Å². The summed E-state index contributed by atoms with van der Waals surface area (Å²) in [5, 5.41) is 2.77. The van der Waals surface area contributed by atoms with Crippen LogP contribution in [-0.4, -0.2) is 19.4 Å². The van der Waals surface area contributed by atoms with E-state index in [1.165, 1.54) is 0 Å². The number of halogens is 1. The number of benzene rings is 1. The first-order valence-electron chi connectivity index (χ1n) is 4.10. The Morgan fingerprint density at radius 2 is 2.00 bits per heavy atom. The molecule has 0 saturated carbocycles. The Hall–Kier alpha value is -1.22. The maximum Gasteiger partial charge on any atom is 0.176 e. The van der Waals surface area contributed by atoms with Crippen molar-refractivity contribution in [2.75, 3.05) is 13.6 Å². The highest BCUT2D eigenvalue weighted by Crippen LogP contribution is 2.05. The van der Waals surface area contributed by atoms with Gasteiger partial charge in [0, 0.05) is 5.56 Å². The molecule has 0 saturated heterocycles. The summed E-state index contributed by atoms with van der Waals surface area (Å²) < 4.78 is 12.1. The molecule has 0 aliphatic rings. The van der Waals surface area contributed by atoms with Gasteiger partial charge in [0.2, 0.25) is 0 Å². The first kappa shape index (κ1) is 9.86. The number of carbonyl (C=O) groups is 1. The summed E-state index contributed by atoms with van der Waals surface area (Å²) in [6.45, 7) is -0.171. The molecule has 0 radical (unpaired) electrons. The van der Waals surface area contributed by atoms with Crippen LogP contribution in [0.5, 0.6) is 0 Å². The van der Waals surface area contributed by atoms with Crippen LogP contribution in [0.1, 0.15) is 15.9 Å². The van der Waals surface area contributed by atoms with Gasteiger partial charge >= 0.3 is 0 Å². The number of nitrogens with one attached hydrogen (secondary N) is 1. The summed E-state index contributed by atoms with van der Waals surface area (Å²) in [4.78, 5) is 11.3. The van der Waals surface area contributed by atoms with Gasteiger partial charge in [0.25, 0.3) is 0 Å². The van der Waals surface area contributed by atoms with Crippen LogP contribution in [0.15, 0.2) is 24.3 Å². The van der Waals surface area contributed by atoms with Crippen molar-refractivity contribution in [3.63, 3.8) is 0 Å². The molecule has 0 fully saturated rings. The van der Waals surface area contributed by atoms with Crippen molar-refractivity contribution in [3.8, 4) is 0 Å². The lowest BCUT2D eigenvalue weighted by Gasteiger charge is -2.00. The first-order valence-corrected chi connectivity index (χ1v) is 4.10. The highest BCUT2D eigenvalue weighted by atomic mass is 19.1. The number of Topliss-reactive ketones (excluding diaryl/α,β-unsaturated/α-hetero) is 1. The molecule has 0 aromatic heterocycles. The summed E-state index contributed by atoms with van der Waals surface area (Å²) in [7, 11) is 1.72. The molecule has 1 N–H and O–H groups in total. The van der Waals surface area contributed by atoms with E-state index in [0.29, 0.717) is 17.7 Å². The molecule has 0 aliphatic heterocycles. The third-order valence-corrected chi connectivity index (χ3v) is 1.77. The third-order valence-electron chi connectivity index (χ3n) is 1.77. The molecule has 1 aromatic rings. The largest absolute Gasteiger partial charge is 0.313 e. The summed E-state index contributed by atoms with van der Waals surface area (Å²) in [6.07, 6.45) is 0. The van der Waals surface area contributed by atoms with Crippen LogP contribution >= 0.6 is 0 Å². The Bertz CT molecular complexity index is 281. The monoisotopic (exact) mass is 181 g/mol. The minimum absolute atomic E-state index is 0.0212. The standard InChI is InChI=1S/C10H12FNO/c1-12-7-10(13)9-4-2-8(6-11)3-5-9/h2-5,12H,6-7H2,1H3. The second-order valence-corrected chi connectivity index (χ2v) is 2.78. The Kier molecular flexibility index (Phi) is 3.58. The Morgan fingerprint density at radius 3 is 2.46 bits per heavy atom. The van der Waals surface area contributed by atoms with Crippen LogP contribution in [0.2, 0.25) is 0 Å². The van der Waals surface area contributed by atoms with Crippen molar-refractivity contribution in [1.82, 2.24) is 5.32 Å². The van der Waals surface area contributed by atoms with Gasteiger partial charge in [-0.2, -0.15) is 0 Å². The van der Waals surface area contributed by atoms with Crippen LogP contribution < -0.4 is 5.32 Å². The fourth-order valence-corrected chi connectivity index (χ4v) is 1.04. The van der Waals surface area contributed by atoms with E-state index in [2.05, 4.69) is 5.32 Å². The van der Waals surface area contributed by atoms with Gasteiger partial charge in [-0.05, 0) is 12.6 Å². The second-order valence-electron chi connectivity index (χ2n) is 2.78. The number of alkyl halides is 1. The predicted molar refractivity (Wildman–Crippen MR) is 49.5 cm³/mol. The summed E-state index contributed by atoms with van der Waals surface area (Å²) in [6, 6.07) is 6.55. The van der Waals surface area contributed by atoms with E-state index in [1.54, 1.807) is 31.3 Å². The number of carbonyl (C=O) groups excluding carboxylic acids is 1. The van der Waals surface area contributed by atoms with E-state index in [-0.39, 0.29) is 5.78 Å². The van der Waals surface area contributed by atoms with Gasteiger partial charge in [0.15, 0.2) is 5.78 Å². The fourth-order valence-electron chi connectivity index (χ4n) is 1.04. The molecule has 0 aliphatic carbocycles. The van der Waals surface area contributed by atoms with Crippen LogP contribution in [0.25, 0.3) is 0 Å². The number of hydrogen-bond acceptors (Lipinski definition) is 2. The highest BCUT2D eigenvalue weighted by molar-refractivity contribution is 5.97. The van der Waals surface area contributed by atoms with Gasteiger partial charge in [0.05, 0.1) is 6.54 Å². The summed E-state index contributed by atoms with van der Waals surface area (Å²) in [5.41, 5.74) is 1.22. The Labute approximate surface area is 76.8 Å². The van der Waals surface area contributed by atoms with E-state index < -0.39 is 6.67 Å². The van der Waals surface area contributed by atoms with Crippen molar-refractivity contribution in [2.45, 2.75) is 6.67 Å². The smallest absolute Gasteiger partial charge is 0.176 e. The van der Waals surface area contributed by atoms with E-state index in [9.17, 15) is 9.18 Å². The molecule has 0 unspecified atom stereocenters. The number of likely N-dealkylation sites (N-methyl/N-ethyl adjacent to an activating group) is 1. The number of hydrogen-bond donors (Lipinski definition) is 1. The molecule has 0 heterocycles. The topological polar surface area (TPSA) is 29.1 Å². The maximum atomic E-state index is 12.1. The van der Waals surface area contributed by atoms with Crippen molar-refractivity contribution in [1.29, 1.82) is 0 Å². The zero-order valence-electron chi connectivity index (χ0n) is 7.51. The third kappa shape index (κ3) is 2.63. The van der Waals surface area contributed by atoms with Gasteiger partial charge in [-0.1, -0.05) is 24.3 Å². The zero-order chi connectivity index (χ0) is 9.68. The van der Waals surface area contributed by atoms with Gasteiger partial charge in [-0.25, -0.2) is 4.39 Å². The molecule has 0 atom stereocenters. The molecule has 0 bridgehead atoms. The van der Waals surface area contributed by atoms with E-state index >= 15 is 0 Å². The zero-order valence-corrected chi connectivity index (χ0v) is 7.51. The summed E-state index contributed by atoms with van der Waals surface area (Å²) in [5.74, 6) is 0.0212. The maximum absolute atomic E-state index is 12.1. The van der Waals surface area contributed by atoms with Crippen LogP contribution in [0, 0.1) is 0 Å². The lowest BCUT2D eigenvalue weighted by Crippen LogP contribution is -2.18. The molecule has 0 amide bonds. The quantitative estimate of drug-likeness (QED) is 0.714. The van der Waals surface area contributed by atoms with E-state index in [4.69, 9.17) is 0 Å². The van der Waals surface area contributed by atoms with E-state index in [0.717, 1.165) is 0 Å². The average Bonchev–Trinajstić information content (AvgIpc) is 2.18. The summed E-state index contributed by atoms with van der Waals surface area (Å²) >= 11 is 0. The van der Waals surface area contributed by atoms with Crippen molar-refractivity contribution in [3.05, 3.63) is 35.4 Å². The SMILES string of the molecule is CNCC(=O)c1ccc(CF)cc1. The lowest BCUT2D eigenvalue weighted by atomic mass is 10.1. The van der Waals surface area contributed by atoms with Crippen LogP contribution in [0.3, 0.4) is 0 Å². The minimum Gasteiger partial charge on any atom is -0.313 e. The molecular weight excluding hydrogens is 169 g/mol. The molecule has 70 valence electrons. The van der Waals surface area contributed by atoms with Crippen LogP contribution in [0.4, 0.5) is 4.39 Å². The minimum atomic E-state index is -0.486. The van der Waals surface area contributed by atoms with Gasteiger partial charge in [-0.3, -0.25) is 4.79 Å². The number of ketones is 1. The second kappa shape index (κ2) is 4.72. The molecule has 3 heteroatoms. The molecule has 0 spiro atoms. The van der Waals surface area contributed by atoms with Gasteiger partial charge in [0.1, 0.15) is 6.67 Å². The fraction of sp³-hybridized carbons (Fsp3) is 0.300. The number of rotatable bonds is 4. The highest BCUT2D eigenvalue weighted by Gasteiger charge is 2.03. The van der Waals surface area contributed by atoms with Crippen molar-refractivity contribution >= 4 is 5.78 Å². The van der Waals surface area contributed by atoms with Crippen molar-refractivity contribution in [2.24, 2.45) is 0 Å². The van der Waals surface area contributed by atoms with Crippen LogP contribution in [-0.2, 0) is 6.67 Å². The Balaban J connectivity index is 2.74. The lowest BCUT2D eigenvalue weighted by molar-refractivity contribution is 0.0993. The molecule has 1 rings (SSSR count). The molecular formula is C10H12FNO. The first-order chi connectivity index (χ1) is 6.27. The Morgan fingerprint density at radius 1 is 1.38 bits per heavy atom. The predicted octanol–water partition coefficient (Wildman–Crippen LogP) is 1.56.